The molecule has 166 valence electrons. The number of aryl methyl sites for hydroxylation is 2. The maximum absolute atomic E-state index is 13.5. The summed E-state index contributed by atoms with van der Waals surface area (Å²) in [4.78, 5) is 27.4. The second-order valence-electron chi connectivity index (χ2n) is 8.29. The third kappa shape index (κ3) is 4.44. The number of rotatable bonds is 5. The molecule has 0 radical (unpaired) electrons. The monoisotopic (exact) mass is 431 g/mol. The largest absolute Gasteiger partial charge is 0.466 e. The van der Waals surface area contributed by atoms with E-state index in [1.54, 1.807) is 4.68 Å². The number of carbonyl (C=O) groups excluding carboxylic acids is 2. The molecule has 6 heteroatoms. The van der Waals surface area contributed by atoms with Crippen LogP contribution in [0.2, 0.25) is 0 Å². The number of para-hydroxylation sites is 1. The molecule has 0 unspecified atom stereocenters. The lowest BCUT2D eigenvalue weighted by Gasteiger charge is -2.30. The van der Waals surface area contributed by atoms with Crippen molar-refractivity contribution in [2.45, 2.75) is 33.6 Å². The van der Waals surface area contributed by atoms with Gasteiger partial charge in [-0.2, -0.15) is 5.10 Å². The lowest BCUT2D eigenvalue weighted by atomic mass is 9.96. The summed E-state index contributed by atoms with van der Waals surface area (Å²) in [5, 5.41) is 4.80. The zero-order valence-corrected chi connectivity index (χ0v) is 18.9. The zero-order valence-electron chi connectivity index (χ0n) is 18.9. The quantitative estimate of drug-likeness (QED) is 0.555. The van der Waals surface area contributed by atoms with Crippen LogP contribution in [0.3, 0.4) is 0 Å². The third-order valence-electron chi connectivity index (χ3n) is 6.15. The first-order valence-corrected chi connectivity index (χ1v) is 11.2. The van der Waals surface area contributed by atoms with E-state index in [9.17, 15) is 9.59 Å². The van der Waals surface area contributed by atoms with Crippen LogP contribution in [0, 0.1) is 19.8 Å². The maximum atomic E-state index is 13.5. The van der Waals surface area contributed by atoms with Gasteiger partial charge in [-0.25, -0.2) is 4.68 Å². The number of ether oxygens (including phenoxy) is 1. The van der Waals surface area contributed by atoms with E-state index in [2.05, 4.69) is 26.0 Å². The van der Waals surface area contributed by atoms with Crippen LogP contribution in [0.4, 0.5) is 0 Å². The molecular formula is C26H29N3O3. The number of nitrogens with zero attached hydrogens (tertiary/aromatic N) is 3. The van der Waals surface area contributed by atoms with Gasteiger partial charge in [-0.3, -0.25) is 9.59 Å². The molecule has 2 heterocycles. The summed E-state index contributed by atoms with van der Waals surface area (Å²) in [6.45, 7) is 7.40. The number of benzene rings is 2. The Balaban J connectivity index is 1.65. The molecule has 1 amide bonds. The first-order chi connectivity index (χ1) is 15.5. The molecule has 32 heavy (non-hydrogen) atoms. The van der Waals surface area contributed by atoms with Gasteiger partial charge < -0.3 is 9.64 Å². The van der Waals surface area contributed by atoms with Gasteiger partial charge in [0.15, 0.2) is 0 Å². The van der Waals surface area contributed by atoms with Crippen LogP contribution in [0.25, 0.3) is 16.9 Å². The number of hydrogen-bond acceptors (Lipinski definition) is 4. The van der Waals surface area contributed by atoms with Crippen LogP contribution < -0.4 is 0 Å². The second-order valence-corrected chi connectivity index (χ2v) is 8.29. The fourth-order valence-electron chi connectivity index (χ4n) is 4.09. The predicted octanol–water partition coefficient (Wildman–Crippen LogP) is 4.57. The Morgan fingerprint density at radius 1 is 1.03 bits per heavy atom. The van der Waals surface area contributed by atoms with E-state index in [0.717, 1.165) is 16.8 Å². The van der Waals surface area contributed by atoms with Gasteiger partial charge in [-0.05, 0) is 62.9 Å². The summed E-state index contributed by atoms with van der Waals surface area (Å²) in [5.74, 6) is -0.347. The van der Waals surface area contributed by atoms with Crippen LogP contribution in [0.5, 0.6) is 0 Å². The number of carbonyl (C=O) groups is 2. The van der Waals surface area contributed by atoms with Crippen LogP contribution in [-0.4, -0.2) is 46.3 Å². The molecule has 1 aliphatic heterocycles. The van der Waals surface area contributed by atoms with Gasteiger partial charge in [0.05, 0.1) is 23.8 Å². The summed E-state index contributed by atoms with van der Waals surface area (Å²) in [6.07, 6.45) is 3.06. The van der Waals surface area contributed by atoms with E-state index in [0.29, 0.717) is 43.8 Å². The zero-order chi connectivity index (χ0) is 22.7. The van der Waals surface area contributed by atoms with Gasteiger partial charge in [0.25, 0.3) is 5.91 Å². The summed E-state index contributed by atoms with van der Waals surface area (Å²) in [6, 6.07) is 16.0. The fraction of sp³-hybridized carbons (Fsp3) is 0.346. The molecular weight excluding hydrogens is 402 g/mol. The third-order valence-corrected chi connectivity index (χ3v) is 6.15. The molecule has 2 aromatic carbocycles. The van der Waals surface area contributed by atoms with Gasteiger partial charge in [-0.15, -0.1) is 0 Å². The van der Waals surface area contributed by atoms with Gasteiger partial charge in [0, 0.05) is 24.8 Å². The predicted molar refractivity (Wildman–Crippen MR) is 124 cm³/mol. The molecule has 0 saturated carbocycles. The number of aromatic nitrogens is 2. The van der Waals surface area contributed by atoms with Crippen molar-refractivity contribution in [1.82, 2.24) is 14.7 Å². The molecule has 0 bridgehead atoms. The minimum Gasteiger partial charge on any atom is -0.466 e. The lowest BCUT2D eigenvalue weighted by Crippen LogP contribution is -2.40. The van der Waals surface area contributed by atoms with Crippen molar-refractivity contribution in [2.75, 3.05) is 19.7 Å². The minimum absolute atomic E-state index is 0.0530. The molecule has 1 aromatic heterocycles. The van der Waals surface area contributed by atoms with E-state index in [4.69, 9.17) is 9.84 Å². The van der Waals surface area contributed by atoms with Crippen molar-refractivity contribution in [1.29, 1.82) is 0 Å². The molecule has 1 fully saturated rings. The number of piperidine rings is 1. The second kappa shape index (κ2) is 9.39. The number of amides is 1. The molecule has 0 atom stereocenters. The van der Waals surface area contributed by atoms with Crippen LogP contribution in [-0.2, 0) is 9.53 Å². The number of esters is 1. The molecule has 0 N–H and O–H groups in total. The lowest BCUT2D eigenvalue weighted by molar-refractivity contribution is -0.149. The Morgan fingerprint density at radius 2 is 1.75 bits per heavy atom. The average Bonchev–Trinajstić information content (AvgIpc) is 3.27. The summed E-state index contributed by atoms with van der Waals surface area (Å²) >= 11 is 0. The average molecular weight is 432 g/mol. The molecule has 0 aliphatic carbocycles. The molecule has 1 aliphatic rings. The first kappa shape index (κ1) is 21.8. The SMILES string of the molecule is CCOC(=O)C1CCN(C(=O)c2cn(-c3ccccc3)nc2-c2ccc(C)c(C)c2)CC1. The van der Waals surface area contributed by atoms with Crippen LogP contribution >= 0.6 is 0 Å². The van der Waals surface area contributed by atoms with Gasteiger partial charge in [-0.1, -0.05) is 30.3 Å². The minimum atomic E-state index is -0.160. The summed E-state index contributed by atoms with van der Waals surface area (Å²) in [7, 11) is 0. The standard InChI is InChI=1S/C26H29N3O3/c1-4-32-26(31)20-12-14-28(15-13-20)25(30)23-17-29(22-8-6-5-7-9-22)27-24(23)21-11-10-18(2)19(3)16-21/h5-11,16-17,20H,4,12-15H2,1-3H3. The highest BCUT2D eigenvalue weighted by Gasteiger charge is 2.30. The molecule has 4 rings (SSSR count). The first-order valence-electron chi connectivity index (χ1n) is 11.2. The highest BCUT2D eigenvalue weighted by Crippen LogP contribution is 2.28. The highest BCUT2D eigenvalue weighted by atomic mass is 16.5. The normalized spacial score (nSPS) is 14.4. The number of likely N-dealkylation sites (tertiary alicyclic amines) is 1. The van der Waals surface area contributed by atoms with Gasteiger partial charge >= 0.3 is 5.97 Å². The van der Waals surface area contributed by atoms with Crippen molar-refractivity contribution in [3.63, 3.8) is 0 Å². The van der Waals surface area contributed by atoms with E-state index >= 15 is 0 Å². The fourth-order valence-corrected chi connectivity index (χ4v) is 4.09. The maximum Gasteiger partial charge on any atom is 0.309 e. The van der Waals surface area contributed by atoms with E-state index in [1.807, 2.05) is 54.4 Å². The van der Waals surface area contributed by atoms with Crippen molar-refractivity contribution in [3.8, 4) is 16.9 Å². The van der Waals surface area contributed by atoms with E-state index < -0.39 is 0 Å². The Labute approximate surface area is 188 Å². The van der Waals surface area contributed by atoms with Crippen molar-refractivity contribution >= 4 is 11.9 Å². The molecule has 6 nitrogen and oxygen atoms in total. The van der Waals surface area contributed by atoms with Gasteiger partial charge in [0.2, 0.25) is 0 Å². The topological polar surface area (TPSA) is 64.4 Å². The highest BCUT2D eigenvalue weighted by molar-refractivity contribution is 6.00. The Morgan fingerprint density at radius 3 is 2.41 bits per heavy atom. The van der Waals surface area contributed by atoms with Crippen LogP contribution in [0.1, 0.15) is 41.3 Å². The van der Waals surface area contributed by atoms with Crippen LogP contribution in [0.15, 0.2) is 54.7 Å². The Hall–Kier alpha value is -3.41. The Bertz CT molecular complexity index is 1110. The smallest absolute Gasteiger partial charge is 0.309 e. The van der Waals surface area contributed by atoms with E-state index in [1.165, 1.54) is 5.56 Å². The molecule has 3 aromatic rings. The Kier molecular flexibility index (Phi) is 6.40. The van der Waals surface area contributed by atoms with E-state index in [-0.39, 0.29) is 17.8 Å². The summed E-state index contributed by atoms with van der Waals surface area (Å²) in [5.41, 5.74) is 5.43. The van der Waals surface area contributed by atoms with Crippen molar-refractivity contribution < 1.29 is 14.3 Å². The molecule has 1 saturated heterocycles. The van der Waals surface area contributed by atoms with Crippen molar-refractivity contribution in [2.24, 2.45) is 5.92 Å². The van der Waals surface area contributed by atoms with Crippen molar-refractivity contribution in [3.05, 3.63) is 71.4 Å². The molecule has 0 spiro atoms. The number of hydrogen-bond donors (Lipinski definition) is 0. The van der Waals surface area contributed by atoms with Gasteiger partial charge in [0.1, 0.15) is 5.69 Å². The summed E-state index contributed by atoms with van der Waals surface area (Å²) < 4.78 is 6.92.